The van der Waals surface area contributed by atoms with E-state index in [9.17, 15) is 0 Å². The second kappa shape index (κ2) is 5.31. The van der Waals surface area contributed by atoms with Gasteiger partial charge in [0.05, 0.1) is 6.04 Å². The molecule has 2 aromatic carbocycles. The minimum Gasteiger partial charge on any atom is -0.459 e. The molecule has 0 spiro atoms. The molecule has 3 rings (SSSR count). The molecule has 3 aromatic rings. The number of benzene rings is 2. The van der Waals surface area contributed by atoms with Crippen LogP contribution in [-0.4, -0.2) is 0 Å². The maximum Gasteiger partial charge on any atom is 0.134 e. The van der Waals surface area contributed by atoms with Gasteiger partial charge in [0.15, 0.2) is 0 Å². The Hall–Kier alpha value is -1.77. The van der Waals surface area contributed by atoms with Crippen LogP contribution in [-0.2, 0) is 0 Å². The number of fused-ring (bicyclic) bond motifs is 1. The van der Waals surface area contributed by atoms with Gasteiger partial charge in [-0.05, 0) is 29.8 Å². The van der Waals surface area contributed by atoms with Crippen LogP contribution >= 0.6 is 11.6 Å². The van der Waals surface area contributed by atoms with Crippen molar-refractivity contribution in [3.63, 3.8) is 0 Å². The smallest absolute Gasteiger partial charge is 0.134 e. The summed E-state index contributed by atoms with van der Waals surface area (Å²) < 4.78 is 5.84. The Labute approximate surface area is 123 Å². The van der Waals surface area contributed by atoms with Crippen molar-refractivity contribution in [3.05, 3.63) is 70.9 Å². The van der Waals surface area contributed by atoms with Crippen molar-refractivity contribution < 1.29 is 4.42 Å². The summed E-state index contributed by atoms with van der Waals surface area (Å²) >= 11 is 5.99. The van der Waals surface area contributed by atoms with Gasteiger partial charge >= 0.3 is 0 Å². The molecule has 0 fully saturated rings. The summed E-state index contributed by atoms with van der Waals surface area (Å²) in [4.78, 5) is 0. The molecule has 0 bridgehead atoms. The first-order valence-corrected chi connectivity index (χ1v) is 7.02. The number of nitrogens with two attached hydrogens (primary N) is 1. The molecular formula is C17H16ClNO. The number of rotatable bonds is 3. The topological polar surface area (TPSA) is 39.2 Å². The predicted molar refractivity (Wildman–Crippen MR) is 83.0 cm³/mol. The Morgan fingerprint density at radius 3 is 2.55 bits per heavy atom. The molecule has 0 aliphatic carbocycles. The number of furan rings is 1. The standard InChI is InChI=1S/C17H16ClNO/c1-11(12-5-3-2-4-6-12)17(19)16-10-13-9-14(18)7-8-15(13)20-16/h2-11,17H,19H2,1H3. The number of hydrogen-bond acceptors (Lipinski definition) is 2. The van der Waals surface area contributed by atoms with E-state index in [4.69, 9.17) is 21.8 Å². The van der Waals surface area contributed by atoms with Crippen molar-refractivity contribution >= 4 is 22.6 Å². The van der Waals surface area contributed by atoms with Crippen LogP contribution in [0.4, 0.5) is 0 Å². The summed E-state index contributed by atoms with van der Waals surface area (Å²) in [6.07, 6.45) is 0. The van der Waals surface area contributed by atoms with E-state index in [1.165, 1.54) is 5.56 Å². The molecular weight excluding hydrogens is 270 g/mol. The van der Waals surface area contributed by atoms with Gasteiger partial charge in [0.2, 0.25) is 0 Å². The monoisotopic (exact) mass is 285 g/mol. The van der Waals surface area contributed by atoms with Gasteiger partial charge in [-0.25, -0.2) is 0 Å². The Morgan fingerprint density at radius 1 is 1.05 bits per heavy atom. The van der Waals surface area contributed by atoms with E-state index < -0.39 is 0 Å². The lowest BCUT2D eigenvalue weighted by Crippen LogP contribution is -2.16. The lowest BCUT2D eigenvalue weighted by molar-refractivity contribution is 0.458. The van der Waals surface area contributed by atoms with E-state index in [0.29, 0.717) is 5.02 Å². The largest absolute Gasteiger partial charge is 0.459 e. The fourth-order valence-corrected chi connectivity index (χ4v) is 2.59. The zero-order valence-corrected chi connectivity index (χ0v) is 12.0. The molecule has 0 radical (unpaired) electrons. The quantitative estimate of drug-likeness (QED) is 0.744. The molecule has 0 amide bonds. The normalized spacial score (nSPS) is 14.3. The van der Waals surface area contributed by atoms with Gasteiger partial charge in [-0.15, -0.1) is 0 Å². The molecule has 0 aliphatic heterocycles. The summed E-state index contributed by atoms with van der Waals surface area (Å²) in [6, 6.07) is 17.6. The van der Waals surface area contributed by atoms with Gasteiger partial charge in [-0.3, -0.25) is 0 Å². The van der Waals surface area contributed by atoms with Gasteiger partial charge in [0, 0.05) is 16.3 Å². The minimum atomic E-state index is -0.177. The molecule has 2 atom stereocenters. The highest BCUT2D eigenvalue weighted by molar-refractivity contribution is 6.31. The maximum atomic E-state index is 6.35. The first-order valence-electron chi connectivity index (χ1n) is 6.64. The molecule has 0 saturated heterocycles. The van der Waals surface area contributed by atoms with E-state index in [-0.39, 0.29) is 12.0 Å². The van der Waals surface area contributed by atoms with Gasteiger partial charge in [0.25, 0.3) is 0 Å². The first kappa shape index (κ1) is 13.2. The summed E-state index contributed by atoms with van der Waals surface area (Å²) in [5.41, 5.74) is 8.37. The Balaban J connectivity index is 1.94. The van der Waals surface area contributed by atoms with Crippen molar-refractivity contribution in [1.82, 2.24) is 0 Å². The van der Waals surface area contributed by atoms with Crippen molar-refractivity contribution in [2.24, 2.45) is 5.73 Å². The second-order valence-electron chi connectivity index (χ2n) is 5.06. The summed E-state index contributed by atoms with van der Waals surface area (Å²) in [5, 5.41) is 1.69. The zero-order valence-electron chi connectivity index (χ0n) is 11.2. The molecule has 2 unspecified atom stereocenters. The van der Waals surface area contributed by atoms with Gasteiger partial charge < -0.3 is 10.2 Å². The second-order valence-corrected chi connectivity index (χ2v) is 5.49. The van der Waals surface area contributed by atoms with Crippen LogP contribution in [0.15, 0.2) is 59.0 Å². The fraction of sp³-hybridized carbons (Fsp3) is 0.176. The molecule has 0 aliphatic rings. The number of hydrogen-bond donors (Lipinski definition) is 1. The highest BCUT2D eigenvalue weighted by Gasteiger charge is 2.20. The molecule has 20 heavy (non-hydrogen) atoms. The van der Waals surface area contributed by atoms with Crippen LogP contribution in [0.3, 0.4) is 0 Å². The van der Waals surface area contributed by atoms with Crippen LogP contribution in [0.25, 0.3) is 11.0 Å². The van der Waals surface area contributed by atoms with Gasteiger partial charge in [-0.2, -0.15) is 0 Å². The van der Waals surface area contributed by atoms with Crippen LogP contribution < -0.4 is 5.73 Å². The van der Waals surface area contributed by atoms with Crippen molar-refractivity contribution in [3.8, 4) is 0 Å². The van der Waals surface area contributed by atoms with Crippen molar-refractivity contribution in [2.75, 3.05) is 0 Å². The van der Waals surface area contributed by atoms with Crippen LogP contribution in [0.1, 0.15) is 30.2 Å². The average molecular weight is 286 g/mol. The molecule has 2 nitrogen and oxygen atoms in total. The summed E-state index contributed by atoms with van der Waals surface area (Å²) in [5.74, 6) is 0.978. The third-order valence-corrected chi connectivity index (χ3v) is 3.93. The van der Waals surface area contributed by atoms with E-state index in [1.807, 2.05) is 42.5 Å². The summed E-state index contributed by atoms with van der Waals surface area (Å²) in [7, 11) is 0. The third kappa shape index (κ3) is 2.45. The molecule has 2 N–H and O–H groups in total. The minimum absolute atomic E-state index is 0.177. The SMILES string of the molecule is CC(c1ccccc1)C(N)c1cc2cc(Cl)ccc2o1. The van der Waals surface area contributed by atoms with Crippen LogP contribution in [0, 0.1) is 0 Å². The zero-order chi connectivity index (χ0) is 14.1. The third-order valence-electron chi connectivity index (χ3n) is 3.69. The van der Waals surface area contributed by atoms with Crippen LogP contribution in [0.2, 0.25) is 5.02 Å². The van der Waals surface area contributed by atoms with Crippen molar-refractivity contribution in [2.45, 2.75) is 18.9 Å². The highest BCUT2D eigenvalue weighted by Crippen LogP contribution is 2.32. The van der Waals surface area contributed by atoms with Crippen molar-refractivity contribution in [1.29, 1.82) is 0 Å². The lowest BCUT2D eigenvalue weighted by atomic mass is 9.92. The fourth-order valence-electron chi connectivity index (χ4n) is 2.41. The molecule has 1 aromatic heterocycles. The van der Waals surface area contributed by atoms with E-state index in [0.717, 1.165) is 16.7 Å². The average Bonchev–Trinajstić information content (AvgIpc) is 2.89. The Morgan fingerprint density at radius 2 is 1.80 bits per heavy atom. The molecule has 0 saturated carbocycles. The number of halogens is 1. The van der Waals surface area contributed by atoms with E-state index in [2.05, 4.69) is 19.1 Å². The summed E-state index contributed by atoms with van der Waals surface area (Å²) in [6.45, 7) is 2.11. The first-order chi connectivity index (χ1) is 9.65. The molecule has 3 heteroatoms. The lowest BCUT2D eigenvalue weighted by Gasteiger charge is -2.18. The van der Waals surface area contributed by atoms with E-state index in [1.54, 1.807) is 0 Å². The Kier molecular flexibility index (Phi) is 3.51. The highest BCUT2D eigenvalue weighted by atomic mass is 35.5. The predicted octanol–water partition coefficient (Wildman–Crippen LogP) is 4.89. The molecule has 1 heterocycles. The molecule has 102 valence electrons. The van der Waals surface area contributed by atoms with Crippen LogP contribution in [0.5, 0.6) is 0 Å². The van der Waals surface area contributed by atoms with E-state index >= 15 is 0 Å². The maximum absolute atomic E-state index is 6.35. The van der Waals surface area contributed by atoms with Gasteiger partial charge in [-0.1, -0.05) is 48.9 Å². The Bertz CT molecular complexity index is 720. The van der Waals surface area contributed by atoms with Gasteiger partial charge in [0.1, 0.15) is 11.3 Å².